The highest BCUT2D eigenvalue weighted by molar-refractivity contribution is 7.99. The molecule has 1 N–H and O–H groups in total. The molecule has 0 heterocycles. The maximum absolute atomic E-state index is 3.65. The van der Waals surface area contributed by atoms with Crippen molar-refractivity contribution in [2.45, 2.75) is 30.8 Å². The van der Waals surface area contributed by atoms with E-state index < -0.39 is 0 Å². The monoisotopic (exact) mass is 271 g/mol. The SMILES string of the molecule is C[C@H](N[C@@H](C)CSc1ccccc1)c1ccccc1. The minimum Gasteiger partial charge on any atom is -0.307 e. The molecule has 0 aromatic heterocycles. The number of rotatable bonds is 6. The van der Waals surface area contributed by atoms with E-state index in [1.165, 1.54) is 10.5 Å². The van der Waals surface area contributed by atoms with Crippen LogP contribution in [0.4, 0.5) is 0 Å². The standard InChI is InChI=1S/C17H21NS/c1-14(13-19-17-11-7-4-8-12-17)18-15(2)16-9-5-3-6-10-16/h3-12,14-15,18H,13H2,1-2H3/t14-,15-/m0/s1. The van der Waals surface area contributed by atoms with Crippen LogP contribution in [-0.2, 0) is 0 Å². The lowest BCUT2D eigenvalue weighted by Crippen LogP contribution is -2.30. The molecule has 1 nitrogen and oxygen atoms in total. The van der Waals surface area contributed by atoms with Gasteiger partial charge >= 0.3 is 0 Å². The molecule has 0 saturated carbocycles. The van der Waals surface area contributed by atoms with E-state index >= 15 is 0 Å². The summed E-state index contributed by atoms with van der Waals surface area (Å²) in [6.07, 6.45) is 0. The second kappa shape index (κ2) is 7.37. The Morgan fingerprint density at radius 3 is 2.11 bits per heavy atom. The van der Waals surface area contributed by atoms with E-state index in [0.717, 1.165) is 5.75 Å². The largest absolute Gasteiger partial charge is 0.307 e. The molecule has 2 aromatic rings. The van der Waals surface area contributed by atoms with E-state index in [1.54, 1.807) is 0 Å². The van der Waals surface area contributed by atoms with Crippen molar-refractivity contribution in [2.75, 3.05) is 5.75 Å². The summed E-state index contributed by atoms with van der Waals surface area (Å²) in [5, 5.41) is 3.65. The van der Waals surface area contributed by atoms with E-state index in [2.05, 4.69) is 79.8 Å². The van der Waals surface area contributed by atoms with Crippen molar-refractivity contribution in [2.24, 2.45) is 0 Å². The maximum Gasteiger partial charge on any atom is 0.0294 e. The summed E-state index contributed by atoms with van der Waals surface area (Å²) < 4.78 is 0. The molecule has 0 spiro atoms. The summed E-state index contributed by atoms with van der Waals surface area (Å²) in [4.78, 5) is 1.34. The average molecular weight is 271 g/mol. The molecular formula is C17H21NS. The van der Waals surface area contributed by atoms with Gasteiger partial charge in [0.05, 0.1) is 0 Å². The zero-order chi connectivity index (χ0) is 13.5. The molecule has 2 rings (SSSR count). The van der Waals surface area contributed by atoms with Crippen molar-refractivity contribution in [3.05, 3.63) is 66.2 Å². The van der Waals surface area contributed by atoms with E-state index in [4.69, 9.17) is 0 Å². The van der Waals surface area contributed by atoms with Gasteiger partial charge in [-0.05, 0) is 31.5 Å². The van der Waals surface area contributed by atoms with Crippen LogP contribution in [-0.4, -0.2) is 11.8 Å². The van der Waals surface area contributed by atoms with Gasteiger partial charge in [-0.25, -0.2) is 0 Å². The van der Waals surface area contributed by atoms with Crippen LogP contribution in [0.5, 0.6) is 0 Å². The van der Waals surface area contributed by atoms with E-state index in [0.29, 0.717) is 12.1 Å². The minimum absolute atomic E-state index is 0.396. The predicted molar refractivity (Wildman–Crippen MR) is 84.6 cm³/mol. The number of benzene rings is 2. The van der Waals surface area contributed by atoms with E-state index in [9.17, 15) is 0 Å². The van der Waals surface area contributed by atoms with Crippen LogP contribution in [0, 0.1) is 0 Å². The quantitative estimate of drug-likeness (QED) is 0.775. The van der Waals surface area contributed by atoms with Gasteiger partial charge in [-0.15, -0.1) is 11.8 Å². The molecule has 0 saturated heterocycles. The van der Waals surface area contributed by atoms with Crippen LogP contribution in [0.25, 0.3) is 0 Å². The van der Waals surface area contributed by atoms with Gasteiger partial charge in [-0.1, -0.05) is 48.5 Å². The maximum atomic E-state index is 3.65. The molecule has 2 heteroatoms. The van der Waals surface area contributed by atoms with Gasteiger partial charge in [0.1, 0.15) is 0 Å². The van der Waals surface area contributed by atoms with Crippen LogP contribution in [0.1, 0.15) is 25.5 Å². The van der Waals surface area contributed by atoms with Crippen molar-refractivity contribution < 1.29 is 0 Å². The number of hydrogen-bond acceptors (Lipinski definition) is 2. The third kappa shape index (κ3) is 4.73. The fraction of sp³-hybridized carbons (Fsp3) is 0.294. The smallest absolute Gasteiger partial charge is 0.0294 e. The fourth-order valence-electron chi connectivity index (χ4n) is 2.05. The molecule has 2 aromatic carbocycles. The molecule has 0 unspecified atom stereocenters. The second-order valence-electron chi connectivity index (χ2n) is 4.82. The van der Waals surface area contributed by atoms with Gasteiger partial charge < -0.3 is 5.32 Å². The van der Waals surface area contributed by atoms with Gasteiger partial charge in [-0.3, -0.25) is 0 Å². The van der Waals surface area contributed by atoms with E-state index in [1.807, 2.05) is 11.8 Å². The lowest BCUT2D eigenvalue weighted by Gasteiger charge is -2.20. The number of thioether (sulfide) groups is 1. The van der Waals surface area contributed by atoms with Crippen molar-refractivity contribution in [1.29, 1.82) is 0 Å². The normalized spacial score (nSPS) is 14.0. The average Bonchev–Trinajstić information content (AvgIpc) is 2.47. The Bertz CT molecular complexity index is 469. The first-order chi connectivity index (χ1) is 9.25. The molecule has 0 aliphatic heterocycles. The lowest BCUT2D eigenvalue weighted by atomic mass is 10.1. The Kier molecular flexibility index (Phi) is 5.49. The highest BCUT2D eigenvalue weighted by Gasteiger charge is 2.09. The third-order valence-electron chi connectivity index (χ3n) is 3.08. The summed E-state index contributed by atoms with van der Waals surface area (Å²) >= 11 is 1.90. The Morgan fingerprint density at radius 2 is 1.47 bits per heavy atom. The third-order valence-corrected chi connectivity index (χ3v) is 4.35. The molecule has 2 atom stereocenters. The zero-order valence-electron chi connectivity index (χ0n) is 11.5. The molecule has 0 fully saturated rings. The number of hydrogen-bond donors (Lipinski definition) is 1. The van der Waals surface area contributed by atoms with Crippen molar-refractivity contribution in [3.63, 3.8) is 0 Å². The number of nitrogens with one attached hydrogen (secondary N) is 1. The summed E-state index contributed by atoms with van der Waals surface area (Å²) in [5.41, 5.74) is 1.35. The summed E-state index contributed by atoms with van der Waals surface area (Å²) in [5.74, 6) is 1.08. The first-order valence-electron chi connectivity index (χ1n) is 6.74. The van der Waals surface area contributed by atoms with Gasteiger partial charge in [0.25, 0.3) is 0 Å². The van der Waals surface area contributed by atoms with Crippen LogP contribution in [0.2, 0.25) is 0 Å². The van der Waals surface area contributed by atoms with Crippen molar-refractivity contribution in [3.8, 4) is 0 Å². The molecule has 0 aliphatic rings. The Hall–Kier alpha value is -1.25. The molecule has 100 valence electrons. The molecule has 0 amide bonds. The highest BCUT2D eigenvalue weighted by Crippen LogP contribution is 2.19. The first kappa shape index (κ1) is 14.2. The Labute approximate surface area is 120 Å². The predicted octanol–water partition coefficient (Wildman–Crippen LogP) is 4.52. The summed E-state index contributed by atoms with van der Waals surface area (Å²) in [6, 6.07) is 22.1. The van der Waals surface area contributed by atoms with Crippen LogP contribution >= 0.6 is 11.8 Å². The lowest BCUT2D eigenvalue weighted by molar-refractivity contribution is 0.511. The molecule has 19 heavy (non-hydrogen) atoms. The van der Waals surface area contributed by atoms with Gasteiger partial charge in [-0.2, -0.15) is 0 Å². The zero-order valence-corrected chi connectivity index (χ0v) is 12.4. The molecule has 0 radical (unpaired) electrons. The topological polar surface area (TPSA) is 12.0 Å². The highest BCUT2D eigenvalue weighted by atomic mass is 32.2. The summed E-state index contributed by atoms with van der Waals surface area (Å²) in [6.45, 7) is 4.47. The van der Waals surface area contributed by atoms with E-state index in [-0.39, 0.29) is 0 Å². The van der Waals surface area contributed by atoms with Crippen LogP contribution in [0.15, 0.2) is 65.6 Å². The van der Waals surface area contributed by atoms with Crippen molar-refractivity contribution >= 4 is 11.8 Å². The second-order valence-corrected chi connectivity index (χ2v) is 5.92. The van der Waals surface area contributed by atoms with Gasteiger partial charge in [0, 0.05) is 22.7 Å². The Morgan fingerprint density at radius 1 is 0.895 bits per heavy atom. The van der Waals surface area contributed by atoms with Gasteiger partial charge in [0.2, 0.25) is 0 Å². The Balaban J connectivity index is 1.80. The van der Waals surface area contributed by atoms with Crippen LogP contribution < -0.4 is 5.32 Å². The molecule has 0 aliphatic carbocycles. The first-order valence-corrected chi connectivity index (χ1v) is 7.73. The fourth-order valence-corrected chi connectivity index (χ4v) is 2.94. The molecule has 0 bridgehead atoms. The molecular weight excluding hydrogens is 250 g/mol. The van der Waals surface area contributed by atoms with Crippen LogP contribution in [0.3, 0.4) is 0 Å². The summed E-state index contributed by atoms with van der Waals surface area (Å²) in [7, 11) is 0. The van der Waals surface area contributed by atoms with Crippen molar-refractivity contribution in [1.82, 2.24) is 5.32 Å². The minimum atomic E-state index is 0.396. The van der Waals surface area contributed by atoms with Gasteiger partial charge in [0.15, 0.2) is 0 Å².